The Hall–Kier alpha value is -0.530. The van der Waals surface area contributed by atoms with Gasteiger partial charge in [-0.3, -0.25) is 4.79 Å². The first-order chi connectivity index (χ1) is 3.31. The molecular weight excluding hydrogens is 92.1 g/mol. The summed E-state index contributed by atoms with van der Waals surface area (Å²) in [5.41, 5.74) is 0. The lowest BCUT2D eigenvalue weighted by Gasteiger charge is -1.93. The van der Waals surface area contributed by atoms with Crippen molar-refractivity contribution in [1.29, 1.82) is 0 Å². The summed E-state index contributed by atoms with van der Waals surface area (Å²) < 4.78 is 4.44. The highest BCUT2D eigenvalue weighted by Crippen LogP contribution is 1.80. The van der Waals surface area contributed by atoms with Crippen molar-refractivity contribution in [2.24, 2.45) is 0 Å². The fraction of sp³-hybridized carbons (Fsp3) is 0.600. The second-order valence-corrected chi connectivity index (χ2v) is 1.07. The zero-order valence-corrected chi connectivity index (χ0v) is 4.44. The molecule has 0 aromatic carbocycles. The highest BCUT2D eigenvalue weighted by Gasteiger charge is 1.91. The number of esters is 1. The van der Waals surface area contributed by atoms with Gasteiger partial charge in [-0.1, -0.05) is 6.92 Å². The molecule has 0 aliphatic carbocycles. The molecule has 0 unspecified atom stereocenters. The normalized spacial score (nSPS) is 8.29. The number of carbonyl (C=O) groups is 1. The summed E-state index contributed by atoms with van der Waals surface area (Å²) >= 11 is 0. The Balaban J connectivity index is 3.00. The lowest BCUT2D eigenvalue weighted by atomic mass is 10.5. The van der Waals surface area contributed by atoms with E-state index in [2.05, 4.69) is 11.7 Å². The van der Waals surface area contributed by atoms with Crippen molar-refractivity contribution < 1.29 is 9.53 Å². The maximum atomic E-state index is 10.1. The third-order valence-corrected chi connectivity index (χ3v) is 0.552. The third kappa shape index (κ3) is 3.30. The largest absolute Gasteiger partial charge is 0.466 e. The van der Waals surface area contributed by atoms with Crippen LogP contribution in [0.15, 0.2) is 0 Å². The van der Waals surface area contributed by atoms with Crippen molar-refractivity contribution in [3.05, 3.63) is 6.92 Å². The molecule has 0 fully saturated rings. The predicted octanol–water partition coefficient (Wildman–Crippen LogP) is 0.774. The first-order valence-corrected chi connectivity index (χ1v) is 2.26. The maximum absolute atomic E-state index is 10.1. The second kappa shape index (κ2) is 3.65. The van der Waals surface area contributed by atoms with Gasteiger partial charge in [-0.25, -0.2) is 0 Å². The number of hydrogen-bond donors (Lipinski definition) is 0. The van der Waals surface area contributed by atoms with Crippen molar-refractivity contribution >= 4 is 5.97 Å². The van der Waals surface area contributed by atoms with Gasteiger partial charge in [-0.15, -0.1) is 0 Å². The Morgan fingerprint density at radius 3 is 2.57 bits per heavy atom. The molecule has 0 atom stereocenters. The van der Waals surface area contributed by atoms with Gasteiger partial charge in [0.2, 0.25) is 0 Å². The van der Waals surface area contributed by atoms with Crippen LogP contribution in [0.3, 0.4) is 0 Å². The van der Waals surface area contributed by atoms with Crippen LogP contribution in [0.25, 0.3) is 0 Å². The summed E-state index contributed by atoms with van der Waals surface area (Å²) in [5.74, 6) is -0.185. The van der Waals surface area contributed by atoms with Gasteiger partial charge in [-0.05, 0) is 6.92 Å². The molecule has 0 bridgehead atoms. The quantitative estimate of drug-likeness (QED) is 0.480. The molecule has 0 saturated heterocycles. The number of ether oxygens (including phenoxy) is 1. The molecule has 0 spiro atoms. The van der Waals surface area contributed by atoms with Gasteiger partial charge >= 0.3 is 5.97 Å². The fourth-order valence-electron chi connectivity index (χ4n) is 0.216. The minimum absolute atomic E-state index is 0.185. The van der Waals surface area contributed by atoms with E-state index in [-0.39, 0.29) is 12.6 Å². The number of rotatable bonds is 2. The van der Waals surface area contributed by atoms with Crippen LogP contribution < -0.4 is 0 Å². The SMILES string of the molecule is [CH2]COC(=O)CC. The minimum atomic E-state index is -0.185. The van der Waals surface area contributed by atoms with Gasteiger partial charge in [0.15, 0.2) is 0 Å². The Kier molecular flexibility index (Phi) is 3.38. The van der Waals surface area contributed by atoms with Gasteiger partial charge in [0, 0.05) is 6.42 Å². The summed E-state index contributed by atoms with van der Waals surface area (Å²) in [4.78, 5) is 10.1. The zero-order valence-electron chi connectivity index (χ0n) is 4.44. The fourth-order valence-corrected chi connectivity index (χ4v) is 0.216. The smallest absolute Gasteiger partial charge is 0.305 e. The molecule has 0 rings (SSSR count). The van der Waals surface area contributed by atoms with Crippen LogP contribution in [0.2, 0.25) is 0 Å². The van der Waals surface area contributed by atoms with E-state index < -0.39 is 0 Å². The highest BCUT2D eigenvalue weighted by molar-refractivity contribution is 5.68. The highest BCUT2D eigenvalue weighted by atomic mass is 16.5. The molecule has 0 aromatic heterocycles. The van der Waals surface area contributed by atoms with Crippen LogP contribution in [0.1, 0.15) is 13.3 Å². The van der Waals surface area contributed by atoms with Crippen molar-refractivity contribution in [1.82, 2.24) is 0 Å². The van der Waals surface area contributed by atoms with E-state index in [0.29, 0.717) is 6.42 Å². The zero-order chi connectivity index (χ0) is 5.70. The average molecular weight is 101 g/mol. The van der Waals surface area contributed by atoms with E-state index in [1.165, 1.54) is 0 Å². The molecule has 0 saturated carbocycles. The van der Waals surface area contributed by atoms with Crippen LogP contribution in [0.4, 0.5) is 0 Å². The summed E-state index contributed by atoms with van der Waals surface area (Å²) in [5, 5.41) is 0. The van der Waals surface area contributed by atoms with Crippen molar-refractivity contribution in [3.8, 4) is 0 Å². The van der Waals surface area contributed by atoms with E-state index in [1.807, 2.05) is 0 Å². The molecule has 41 valence electrons. The molecule has 0 amide bonds. The molecule has 2 heteroatoms. The standard InChI is InChI=1S/C5H9O2/c1-3-5(6)7-4-2/h2-4H2,1H3. The van der Waals surface area contributed by atoms with Crippen LogP contribution in [0.5, 0.6) is 0 Å². The Bertz CT molecular complexity index is 59.1. The average Bonchev–Trinajstić information content (AvgIpc) is 1.68. The monoisotopic (exact) mass is 101 g/mol. The van der Waals surface area contributed by atoms with Crippen molar-refractivity contribution in [2.75, 3.05) is 6.61 Å². The number of carbonyl (C=O) groups excluding carboxylic acids is 1. The summed E-state index contributed by atoms with van der Waals surface area (Å²) in [6.07, 6.45) is 0.440. The maximum Gasteiger partial charge on any atom is 0.305 e. The predicted molar refractivity (Wildman–Crippen MR) is 26.6 cm³/mol. The van der Waals surface area contributed by atoms with Gasteiger partial charge in [-0.2, -0.15) is 0 Å². The Morgan fingerprint density at radius 2 is 2.43 bits per heavy atom. The summed E-state index contributed by atoms with van der Waals surface area (Å²) in [7, 11) is 0. The third-order valence-electron chi connectivity index (χ3n) is 0.552. The molecule has 7 heavy (non-hydrogen) atoms. The van der Waals surface area contributed by atoms with Crippen LogP contribution in [0, 0.1) is 6.92 Å². The molecular formula is C5H9O2. The Morgan fingerprint density at radius 1 is 1.86 bits per heavy atom. The molecule has 0 N–H and O–H groups in total. The Labute approximate surface area is 43.5 Å². The number of hydrogen-bond acceptors (Lipinski definition) is 2. The molecule has 1 radical (unpaired) electrons. The van der Waals surface area contributed by atoms with Crippen LogP contribution >= 0.6 is 0 Å². The van der Waals surface area contributed by atoms with E-state index >= 15 is 0 Å². The van der Waals surface area contributed by atoms with E-state index in [1.54, 1.807) is 6.92 Å². The first kappa shape index (κ1) is 6.47. The van der Waals surface area contributed by atoms with Crippen molar-refractivity contribution in [3.63, 3.8) is 0 Å². The van der Waals surface area contributed by atoms with E-state index in [9.17, 15) is 4.79 Å². The first-order valence-electron chi connectivity index (χ1n) is 2.26. The van der Waals surface area contributed by atoms with Gasteiger partial charge < -0.3 is 4.74 Å². The minimum Gasteiger partial charge on any atom is -0.466 e. The second-order valence-electron chi connectivity index (χ2n) is 1.07. The molecule has 2 nitrogen and oxygen atoms in total. The van der Waals surface area contributed by atoms with Crippen LogP contribution in [-0.4, -0.2) is 12.6 Å². The molecule has 0 aromatic rings. The lowest BCUT2D eigenvalue weighted by molar-refractivity contribution is -0.142. The van der Waals surface area contributed by atoms with Gasteiger partial charge in [0.1, 0.15) is 0 Å². The summed E-state index contributed by atoms with van der Waals surface area (Å²) in [6, 6.07) is 0. The van der Waals surface area contributed by atoms with E-state index in [4.69, 9.17) is 0 Å². The molecule has 0 heterocycles. The van der Waals surface area contributed by atoms with Gasteiger partial charge in [0.05, 0.1) is 6.61 Å². The lowest BCUT2D eigenvalue weighted by Crippen LogP contribution is -2.00. The van der Waals surface area contributed by atoms with Crippen LogP contribution in [-0.2, 0) is 9.53 Å². The topological polar surface area (TPSA) is 26.3 Å². The van der Waals surface area contributed by atoms with E-state index in [0.717, 1.165) is 0 Å². The van der Waals surface area contributed by atoms with Crippen molar-refractivity contribution in [2.45, 2.75) is 13.3 Å². The summed E-state index contributed by atoms with van der Waals surface area (Å²) in [6.45, 7) is 5.32. The van der Waals surface area contributed by atoms with Gasteiger partial charge in [0.25, 0.3) is 0 Å². The molecule has 0 aliphatic heterocycles. The molecule has 0 aliphatic rings.